The van der Waals surface area contributed by atoms with Gasteiger partial charge in [-0.05, 0) is 45.8 Å². The van der Waals surface area contributed by atoms with Crippen molar-refractivity contribution in [1.29, 1.82) is 0 Å². The fraction of sp³-hybridized carbons (Fsp3) is 0.133. The molecule has 0 saturated heterocycles. The van der Waals surface area contributed by atoms with Gasteiger partial charge in [0.15, 0.2) is 0 Å². The van der Waals surface area contributed by atoms with Crippen LogP contribution < -0.4 is 10.3 Å². The van der Waals surface area contributed by atoms with E-state index < -0.39 is 0 Å². The first-order chi connectivity index (χ1) is 9.16. The van der Waals surface area contributed by atoms with Crippen molar-refractivity contribution in [2.75, 3.05) is 24.4 Å². The minimum atomic E-state index is 0.975. The normalized spacial score (nSPS) is 10.7. The lowest BCUT2D eigenvalue weighted by Crippen LogP contribution is -2.09. The minimum absolute atomic E-state index is 0.975. The molecule has 0 fully saturated rings. The monoisotopic (exact) mass is 317 g/mol. The standard InChI is InChI=1S/C15H16BrN3/c1-19(2)15-9-8-12(10-14(15)16)11-17-18-13-6-4-3-5-7-13/h3-11,18H,1-2H3/b17-11-. The summed E-state index contributed by atoms with van der Waals surface area (Å²) in [7, 11) is 4.04. The molecular formula is C15H16BrN3. The molecule has 3 nitrogen and oxygen atoms in total. The lowest BCUT2D eigenvalue weighted by atomic mass is 10.2. The van der Waals surface area contributed by atoms with Gasteiger partial charge in [-0.15, -0.1) is 0 Å². The molecule has 0 radical (unpaired) electrons. The second kappa shape index (κ2) is 6.38. The van der Waals surface area contributed by atoms with E-state index in [1.54, 1.807) is 6.21 Å². The third-order valence-corrected chi connectivity index (χ3v) is 3.27. The maximum atomic E-state index is 4.22. The molecule has 0 unspecified atom stereocenters. The van der Waals surface area contributed by atoms with Gasteiger partial charge in [-0.3, -0.25) is 5.43 Å². The molecule has 98 valence electrons. The molecule has 1 N–H and O–H groups in total. The van der Waals surface area contributed by atoms with Crippen LogP contribution in [0.15, 0.2) is 58.1 Å². The van der Waals surface area contributed by atoms with Crippen molar-refractivity contribution in [2.24, 2.45) is 5.10 Å². The van der Waals surface area contributed by atoms with Crippen LogP contribution in [0.25, 0.3) is 0 Å². The molecule has 0 aromatic heterocycles. The van der Waals surface area contributed by atoms with Gasteiger partial charge < -0.3 is 4.90 Å². The van der Waals surface area contributed by atoms with Gasteiger partial charge >= 0.3 is 0 Å². The summed E-state index contributed by atoms with van der Waals surface area (Å²) >= 11 is 3.56. The summed E-state index contributed by atoms with van der Waals surface area (Å²) in [4.78, 5) is 2.06. The van der Waals surface area contributed by atoms with Crippen LogP contribution in [-0.4, -0.2) is 20.3 Å². The minimum Gasteiger partial charge on any atom is -0.377 e. The van der Waals surface area contributed by atoms with E-state index in [2.05, 4.69) is 37.4 Å². The molecule has 0 heterocycles. The number of nitrogens with zero attached hydrogens (tertiary/aromatic N) is 2. The molecule has 2 aromatic rings. The van der Waals surface area contributed by atoms with Gasteiger partial charge in [0.1, 0.15) is 0 Å². The number of para-hydroxylation sites is 1. The third kappa shape index (κ3) is 3.83. The van der Waals surface area contributed by atoms with Gasteiger partial charge in [-0.25, -0.2) is 0 Å². The van der Waals surface area contributed by atoms with Gasteiger partial charge in [0.25, 0.3) is 0 Å². The molecule has 0 spiro atoms. The SMILES string of the molecule is CN(C)c1ccc(/C=N\Nc2ccccc2)cc1Br. The Morgan fingerprint density at radius 1 is 1.11 bits per heavy atom. The van der Waals surface area contributed by atoms with Crippen molar-refractivity contribution in [1.82, 2.24) is 0 Å². The number of hydrazone groups is 1. The number of benzene rings is 2. The molecule has 0 aliphatic rings. The van der Waals surface area contributed by atoms with Crippen LogP contribution >= 0.6 is 15.9 Å². The zero-order chi connectivity index (χ0) is 13.7. The van der Waals surface area contributed by atoms with E-state index in [4.69, 9.17) is 0 Å². The predicted molar refractivity (Wildman–Crippen MR) is 86.1 cm³/mol. The number of rotatable bonds is 4. The maximum absolute atomic E-state index is 4.22. The second-order valence-corrected chi connectivity index (χ2v) is 5.20. The van der Waals surface area contributed by atoms with Crippen molar-refractivity contribution >= 4 is 33.5 Å². The molecule has 0 amide bonds. The van der Waals surface area contributed by atoms with Crippen LogP contribution in [0.5, 0.6) is 0 Å². The average molecular weight is 318 g/mol. The number of halogens is 1. The second-order valence-electron chi connectivity index (χ2n) is 4.34. The summed E-state index contributed by atoms with van der Waals surface area (Å²) in [5.41, 5.74) is 6.16. The molecule has 0 saturated carbocycles. The molecule has 2 aromatic carbocycles. The Hall–Kier alpha value is -1.81. The maximum Gasteiger partial charge on any atom is 0.0561 e. The van der Waals surface area contributed by atoms with E-state index in [1.807, 2.05) is 56.6 Å². The molecule has 0 bridgehead atoms. The lowest BCUT2D eigenvalue weighted by Gasteiger charge is -2.14. The first kappa shape index (κ1) is 13.6. The molecule has 0 atom stereocenters. The Balaban J connectivity index is 2.05. The van der Waals surface area contributed by atoms with Crippen LogP contribution in [0.3, 0.4) is 0 Å². The molecule has 0 aliphatic carbocycles. The van der Waals surface area contributed by atoms with Crippen LogP contribution in [-0.2, 0) is 0 Å². The van der Waals surface area contributed by atoms with E-state index in [0.29, 0.717) is 0 Å². The fourth-order valence-corrected chi connectivity index (χ4v) is 2.41. The highest BCUT2D eigenvalue weighted by atomic mass is 79.9. The molecule has 2 rings (SSSR count). The van der Waals surface area contributed by atoms with E-state index in [0.717, 1.165) is 21.4 Å². The van der Waals surface area contributed by atoms with E-state index >= 15 is 0 Å². The Morgan fingerprint density at radius 3 is 2.47 bits per heavy atom. The van der Waals surface area contributed by atoms with Gasteiger partial charge in [-0.1, -0.05) is 24.3 Å². The molecule has 19 heavy (non-hydrogen) atoms. The Bertz CT molecular complexity index is 565. The van der Waals surface area contributed by atoms with Crippen LogP contribution in [0, 0.1) is 0 Å². The van der Waals surface area contributed by atoms with Gasteiger partial charge in [0.05, 0.1) is 17.6 Å². The fourth-order valence-electron chi connectivity index (χ4n) is 1.66. The number of hydrogen-bond acceptors (Lipinski definition) is 3. The summed E-state index contributed by atoms with van der Waals surface area (Å²) < 4.78 is 1.06. The van der Waals surface area contributed by atoms with E-state index in [-0.39, 0.29) is 0 Å². The summed E-state index contributed by atoms with van der Waals surface area (Å²) in [6.07, 6.45) is 1.80. The third-order valence-electron chi connectivity index (χ3n) is 2.63. The average Bonchev–Trinajstić information content (AvgIpc) is 2.39. The Labute approximate surface area is 122 Å². The Morgan fingerprint density at radius 2 is 1.84 bits per heavy atom. The van der Waals surface area contributed by atoms with Crippen LogP contribution in [0.1, 0.15) is 5.56 Å². The topological polar surface area (TPSA) is 27.6 Å². The highest BCUT2D eigenvalue weighted by molar-refractivity contribution is 9.10. The summed E-state index contributed by atoms with van der Waals surface area (Å²) in [6, 6.07) is 16.0. The molecule has 0 aliphatic heterocycles. The quantitative estimate of drug-likeness (QED) is 0.682. The van der Waals surface area contributed by atoms with Crippen molar-refractivity contribution in [3.8, 4) is 0 Å². The molecular weight excluding hydrogens is 302 g/mol. The number of anilines is 2. The molecule has 4 heteroatoms. The summed E-state index contributed by atoms with van der Waals surface area (Å²) in [6.45, 7) is 0. The smallest absolute Gasteiger partial charge is 0.0561 e. The van der Waals surface area contributed by atoms with Gasteiger partial charge in [-0.2, -0.15) is 5.10 Å². The number of nitrogens with one attached hydrogen (secondary N) is 1. The van der Waals surface area contributed by atoms with Crippen molar-refractivity contribution in [3.63, 3.8) is 0 Å². The Kier molecular flexibility index (Phi) is 4.58. The van der Waals surface area contributed by atoms with E-state index in [9.17, 15) is 0 Å². The summed E-state index contributed by atoms with van der Waals surface area (Å²) in [5.74, 6) is 0. The van der Waals surface area contributed by atoms with Crippen molar-refractivity contribution in [3.05, 3.63) is 58.6 Å². The number of hydrogen-bond donors (Lipinski definition) is 1. The zero-order valence-electron chi connectivity index (χ0n) is 11.0. The largest absolute Gasteiger partial charge is 0.377 e. The first-order valence-corrected chi connectivity index (χ1v) is 6.77. The highest BCUT2D eigenvalue weighted by Crippen LogP contribution is 2.25. The summed E-state index contributed by atoms with van der Waals surface area (Å²) in [5, 5.41) is 4.22. The van der Waals surface area contributed by atoms with Crippen LogP contribution in [0.4, 0.5) is 11.4 Å². The van der Waals surface area contributed by atoms with Gasteiger partial charge in [0.2, 0.25) is 0 Å². The van der Waals surface area contributed by atoms with Crippen molar-refractivity contribution < 1.29 is 0 Å². The lowest BCUT2D eigenvalue weighted by molar-refractivity contribution is 1.12. The van der Waals surface area contributed by atoms with Crippen molar-refractivity contribution in [2.45, 2.75) is 0 Å². The first-order valence-electron chi connectivity index (χ1n) is 5.98. The van der Waals surface area contributed by atoms with E-state index in [1.165, 1.54) is 0 Å². The zero-order valence-corrected chi connectivity index (χ0v) is 12.6. The van der Waals surface area contributed by atoms with Crippen LogP contribution in [0.2, 0.25) is 0 Å². The predicted octanol–water partition coefficient (Wildman–Crippen LogP) is 3.96. The van der Waals surface area contributed by atoms with Gasteiger partial charge in [0, 0.05) is 18.6 Å². The highest BCUT2D eigenvalue weighted by Gasteiger charge is 2.01.